The van der Waals surface area contributed by atoms with E-state index in [0.717, 1.165) is 12.1 Å². The summed E-state index contributed by atoms with van der Waals surface area (Å²) in [5.74, 6) is -1.05. The number of anilines is 1. The average Bonchev–Trinajstić information content (AvgIpc) is 3.06. The van der Waals surface area contributed by atoms with Gasteiger partial charge >= 0.3 is 5.97 Å². The Morgan fingerprint density at radius 2 is 1.86 bits per heavy atom. The lowest BCUT2D eigenvalue weighted by atomic mass is 10.1. The van der Waals surface area contributed by atoms with Crippen molar-refractivity contribution in [2.75, 3.05) is 24.5 Å². The number of likely N-dealkylation sites (tertiary alicyclic amines) is 1. The summed E-state index contributed by atoms with van der Waals surface area (Å²) in [5, 5.41) is 9.71. The van der Waals surface area contributed by atoms with Gasteiger partial charge in [0.1, 0.15) is 0 Å². The quantitative estimate of drug-likeness (QED) is 0.913. The zero-order valence-electron chi connectivity index (χ0n) is 11.9. The SMILES string of the molecule is Cl.O=C(O)C1CCN(C2CCN(c3ccc(Cl)cc3)C2=O)C1. The fourth-order valence-corrected chi connectivity index (χ4v) is 3.28. The highest BCUT2D eigenvalue weighted by molar-refractivity contribution is 6.30. The lowest BCUT2D eigenvalue weighted by Gasteiger charge is -2.23. The Morgan fingerprint density at radius 1 is 1.18 bits per heavy atom. The molecule has 2 unspecified atom stereocenters. The van der Waals surface area contributed by atoms with Crippen molar-refractivity contribution in [3.05, 3.63) is 29.3 Å². The van der Waals surface area contributed by atoms with Gasteiger partial charge in [-0.05, 0) is 43.7 Å². The van der Waals surface area contributed by atoms with Crippen LogP contribution >= 0.6 is 24.0 Å². The van der Waals surface area contributed by atoms with Crippen LogP contribution in [0.25, 0.3) is 0 Å². The lowest BCUT2D eigenvalue weighted by molar-refractivity contribution is -0.141. The van der Waals surface area contributed by atoms with Crippen molar-refractivity contribution in [3.63, 3.8) is 0 Å². The summed E-state index contributed by atoms with van der Waals surface area (Å²) in [7, 11) is 0. The van der Waals surface area contributed by atoms with E-state index < -0.39 is 5.97 Å². The van der Waals surface area contributed by atoms with Gasteiger partial charge in [-0.3, -0.25) is 14.5 Å². The number of carbonyl (C=O) groups is 2. The van der Waals surface area contributed by atoms with Gasteiger partial charge in [-0.1, -0.05) is 11.6 Å². The van der Waals surface area contributed by atoms with Crippen LogP contribution in [0.15, 0.2) is 24.3 Å². The number of amides is 1. The van der Waals surface area contributed by atoms with E-state index in [1.165, 1.54) is 0 Å². The molecule has 2 saturated heterocycles. The molecule has 5 nitrogen and oxygen atoms in total. The van der Waals surface area contributed by atoms with Crippen molar-refractivity contribution in [1.29, 1.82) is 0 Å². The number of nitrogens with zero attached hydrogens (tertiary/aromatic N) is 2. The largest absolute Gasteiger partial charge is 0.481 e. The smallest absolute Gasteiger partial charge is 0.307 e. The number of aliphatic carboxylic acids is 1. The topological polar surface area (TPSA) is 60.9 Å². The number of carboxylic acid groups (broad SMARTS) is 1. The maximum atomic E-state index is 12.6. The predicted octanol–water partition coefficient (Wildman–Crippen LogP) is 2.27. The van der Waals surface area contributed by atoms with Gasteiger partial charge < -0.3 is 10.0 Å². The van der Waals surface area contributed by atoms with Crippen LogP contribution in [0.1, 0.15) is 12.8 Å². The average molecular weight is 345 g/mol. The molecule has 120 valence electrons. The van der Waals surface area contributed by atoms with E-state index in [-0.39, 0.29) is 30.3 Å². The van der Waals surface area contributed by atoms with Gasteiger partial charge in [-0.15, -0.1) is 12.4 Å². The molecule has 3 rings (SSSR count). The molecule has 2 aliphatic rings. The molecule has 2 atom stereocenters. The van der Waals surface area contributed by atoms with Crippen LogP contribution in [0.5, 0.6) is 0 Å². The van der Waals surface area contributed by atoms with Gasteiger partial charge in [0.05, 0.1) is 12.0 Å². The van der Waals surface area contributed by atoms with Crippen molar-refractivity contribution in [2.24, 2.45) is 5.92 Å². The highest BCUT2D eigenvalue weighted by Crippen LogP contribution is 2.28. The summed E-state index contributed by atoms with van der Waals surface area (Å²) in [6.07, 6.45) is 1.37. The van der Waals surface area contributed by atoms with Crippen molar-refractivity contribution in [2.45, 2.75) is 18.9 Å². The zero-order valence-corrected chi connectivity index (χ0v) is 13.5. The summed E-state index contributed by atoms with van der Waals surface area (Å²) in [4.78, 5) is 27.4. The first kappa shape index (κ1) is 17.1. The standard InChI is InChI=1S/C15H17ClN2O3.ClH/c16-11-1-3-12(4-2-11)18-8-6-13(14(18)19)17-7-5-10(9-17)15(20)21;/h1-4,10,13H,5-9H2,(H,20,21);1H. The minimum atomic E-state index is -0.766. The third-order valence-corrected chi connectivity index (χ3v) is 4.58. The van der Waals surface area contributed by atoms with Gasteiger partial charge in [0.15, 0.2) is 0 Å². The van der Waals surface area contributed by atoms with Crippen LogP contribution in [0, 0.1) is 5.92 Å². The first-order valence-electron chi connectivity index (χ1n) is 7.10. The molecular weight excluding hydrogens is 327 g/mol. The summed E-state index contributed by atoms with van der Waals surface area (Å²) in [5.41, 5.74) is 0.848. The second kappa shape index (κ2) is 6.86. The van der Waals surface area contributed by atoms with Crippen LogP contribution in [0.2, 0.25) is 5.02 Å². The van der Waals surface area contributed by atoms with Crippen LogP contribution in [-0.4, -0.2) is 47.6 Å². The maximum Gasteiger partial charge on any atom is 0.307 e. The molecule has 0 aliphatic carbocycles. The first-order chi connectivity index (χ1) is 10.1. The fraction of sp³-hybridized carbons (Fsp3) is 0.467. The van der Waals surface area contributed by atoms with Crippen molar-refractivity contribution in [3.8, 4) is 0 Å². The van der Waals surface area contributed by atoms with Gasteiger partial charge in [0.25, 0.3) is 0 Å². The Labute approximate surface area is 140 Å². The van der Waals surface area contributed by atoms with Crippen LogP contribution < -0.4 is 4.90 Å². The number of halogens is 2. The van der Waals surface area contributed by atoms with Crippen molar-refractivity contribution >= 4 is 41.6 Å². The molecule has 0 spiro atoms. The Hall–Kier alpha value is -1.30. The number of carbonyl (C=O) groups excluding carboxylic acids is 1. The monoisotopic (exact) mass is 344 g/mol. The van der Waals surface area contributed by atoms with E-state index >= 15 is 0 Å². The van der Waals surface area contributed by atoms with E-state index in [0.29, 0.717) is 31.1 Å². The summed E-state index contributed by atoms with van der Waals surface area (Å²) in [6, 6.07) is 7.03. The van der Waals surface area contributed by atoms with Crippen LogP contribution in [0.4, 0.5) is 5.69 Å². The molecule has 1 N–H and O–H groups in total. The summed E-state index contributed by atoms with van der Waals surface area (Å²) in [6.45, 7) is 1.82. The highest BCUT2D eigenvalue weighted by atomic mass is 35.5. The normalized spacial score (nSPS) is 25.3. The van der Waals surface area contributed by atoms with E-state index in [4.69, 9.17) is 16.7 Å². The van der Waals surface area contributed by atoms with Crippen LogP contribution in [0.3, 0.4) is 0 Å². The molecule has 1 aromatic carbocycles. The number of benzene rings is 1. The summed E-state index contributed by atoms with van der Waals surface area (Å²) < 4.78 is 0. The maximum absolute atomic E-state index is 12.6. The van der Waals surface area contributed by atoms with Gasteiger partial charge in [0, 0.05) is 23.8 Å². The molecule has 0 radical (unpaired) electrons. The number of hydrogen-bond donors (Lipinski definition) is 1. The Balaban J connectivity index is 0.00000176. The molecule has 7 heteroatoms. The molecule has 2 aliphatic heterocycles. The van der Waals surface area contributed by atoms with E-state index in [9.17, 15) is 9.59 Å². The lowest BCUT2D eigenvalue weighted by Crippen LogP contribution is -2.41. The van der Waals surface area contributed by atoms with Gasteiger partial charge in [0.2, 0.25) is 5.91 Å². The van der Waals surface area contributed by atoms with Gasteiger partial charge in [-0.2, -0.15) is 0 Å². The second-order valence-electron chi connectivity index (χ2n) is 5.59. The Bertz CT molecular complexity index is 564. The molecule has 22 heavy (non-hydrogen) atoms. The zero-order chi connectivity index (χ0) is 15.0. The molecule has 2 heterocycles. The molecule has 1 amide bonds. The second-order valence-corrected chi connectivity index (χ2v) is 6.03. The predicted molar refractivity (Wildman–Crippen MR) is 86.8 cm³/mol. The van der Waals surface area contributed by atoms with Crippen LogP contribution in [-0.2, 0) is 9.59 Å². The van der Waals surface area contributed by atoms with Gasteiger partial charge in [-0.25, -0.2) is 0 Å². The molecule has 2 fully saturated rings. The Kier molecular flexibility index (Phi) is 5.32. The van der Waals surface area contributed by atoms with Crippen molar-refractivity contribution < 1.29 is 14.7 Å². The van der Waals surface area contributed by atoms with E-state index in [1.807, 2.05) is 17.0 Å². The Morgan fingerprint density at radius 3 is 2.45 bits per heavy atom. The molecular formula is C15H18Cl2N2O3. The number of carboxylic acids is 1. The van der Waals surface area contributed by atoms with E-state index in [1.54, 1.807) is 17.0 Å². The molecule has 0 saturated carbocycles. The van der Waals surface area contributed by atoms with E-state index in [2.05, 4.69) is 0 Å². The molecule has 0 bridgehead atoms. The molecule has 0 aromatic heterocycles. The third-order valence-electron chi connectivity index (χ3n) is 4.33. The number of hydrogen-bond acceptors (Lipinski definition) is 3. The third kappa shape index (κ3) is 3.21. The minimum absolute atomic E-state index is 0. The minimum Gasteiger partial charge on any atom is -0.481 e. The van der Waals surface area contributed by atoms with Crippen molar-refractivity contribution in [1.82, 2.24) is 4.90 Å². The highest BCUT2D eigenvalue weighted by Gasteiger charge is 2.40. The summed E-state index contributed by atoms with van der Waals surface area (Å²) >= 11 is 5.87. The fourth-order valence-electron chi connectivity index (χ4n) is 3.15. The first-order valence-corrected chi connectivity index (χ1v) is 7.48. The number of rotatable bonds is 3. The molecule has 1 aromatic rings.